The van der Waals surface area contributed by atoms with E-state index in [9.17, 15) is 24.0 Å². The molecule has 0 aliphatic carbocycles. The van der Waals surface area contributed by atoms with Crippen molar-refractivity contribution in [1.82, 2.24) is 35.0 Å². The number of nitrogens with one attached hydrogen (secondary N) is 3. The molecule has 0 bridgehead atoms. The van der Waals surface area contributed by atoms with Crippen LogP contribution < -0.4 is 20.9 Å². The molecule has 4 aliphatic heterocycles. The number of carbonyl (C=O) groups is 5. The summed E-state index contributed by atoms with van der Waals surface area (Å²) in [4.78, 5) is 80.8. The van der Waals surface area contributed by atoms with E-state index in [2.05, 4.69) is 30.5 Å². The molecule has 63 heavy (non-hydrogen) atoms. The van der Waals surface area contributed by atoms with Crippen LogP contribution in [0.2, 0.25) is 0 Å². The summed E-state index contributed by atoms with van der Waals surface area (Å²) in [6, 6.07) is 17.9. The molecule has 5 aromatic rings. The number of rotatable bonds is 11. The lowest BCUT2D eigenvalue weighted by molar-refractivity contribution is -0.136. The number of nitrogens with zero attached hydrogens (tertiary/aromatic N) is 7. The van der Waals surface area contributed by atoms with Crippen molar-refractivity contribution in [3.63, 3.8) is 0 Å². The molecule has 3 aromatic carbocycles. The Hall–Kier alpha value is -6.91. The molecule has 3 fully saturated rings. The van der Waals surface area contributed by atoms with Gasteiger partial charge in [-0.1, -0.05) is 18.2 Å². The van der Waals surface area contributed by atoms with Crippen LogP contribution in [0.5, 0.6) is 0 Å². The Balaban J connectivity index is 0.821. The molecule has 3 N–H and O–H groups in total. The molecule has 16 heteroatoms. The van der Waals surface area contributed by atoms with Gasteiger partial charge in [0, 0.05) is 92.1 Å². The third-order valence-electron chi connectivity index (χ3n) is 11.5. The maximum atomic E-state index is 16.1. The second-order valence-corrected chi connectivity index (χ2v) is 15.7. The SMILES string of the molecule is [2H]C1([2H])N(CC2CCN(Cc3ccc(C(=O)Nc4ccc(C)c(Nc5nccc(-c6cccnc6)n5)c4)cc3)CC2)C([2H])([2H])C([2H])([2H])N(c2cc3c(cc2F)C(=O)N(C2CCC(=O)NC2=O)C3=O)C1([2H])[2H]. The standard InChI is InChI=1S/C47H47FN10O5/c1-29-4-9-34(23-39(29)53-47-50-16-12-38(52-47)33-3-2-15-49-26-33)51-43(60)32-7-5-30(6-8-32)27-55-17-13-31(14-18-55)28-56-19-21-57(22-20-56)41-25-36-35(24-37(41)48)45(62)58(46(36)63)40-10-11-42(59)54-44(40)61/h2-9,12,15-16,23-26,31,40H,10-11,13-14,17-22,27-28H2,1H3,(H,51,60)(H,50,52,53)(H,54,59,61)/i19D2,20D2,21D2,22D2. The van der Waals surface area contributed by atoms with Crippen molar-refractivity contribution in [2.45, 2.75) is 45.2 Å². The van der Waals surface area contributed by atoms with E-state index in [1.54, 1.807) is 48.9 Å². The van der Waals surface area contributed by atoms with E-state index in [-0.39, 0.29) is 23.6 Å². The second-order valence-electron chi connectivity index (χ2n) is 15.7. The van der Waals surface area contributed by atoms with Gasteiger partial charge >= 0.3 is 0 Å². The summed E-state index contributed by atoms with van der Waals surface area (Å²) in [6.07, 6.45) is 5.51. The highest BCUT2D eigenvalue weighted by Gasteiger charge is 2.45. The van der Waals surface area contributed by atoms with Gasteiger partial charge in [0.05, 0.1) is 28.0 Å². The Bertz CT molecular complexity index is 2940. The minimum Gasteiger partial charge on any atom is -0.367 e. The van der Waals surface area contributed by atoms with Gasteiger partial charge in [0.1, 0.15) is 11.9 Å². The number of hydrogen-bond acceptors (Lipinski definition) is 12. The number of aryl methyl sites for hydroxylation is 1. The first-order valence-corrected chi connectivity index (χ1v) is 20.5. The second kappa shape index (κ2) is 17.8. The fourth-order valence-corrected chi connectivity index (χ4v) is 8.00. The lowest BCUT2D eigenvalue weighted by Gasteiger charge is -2.39. The number of aromatic nitrogens is 3. The zero-order valence-corrected chi connectivity index (χ0v) is 34.0. The summed E-state index contributed by atoms with van der Waals surface area (Å²) < 4.78 is 88.0. The first-order valence-electron chi connectivity index (χ1n) is 24.5. The monoisotopic (exact) mass is 858 g/mol. The molecule has 0 saturated carbocycles. The normalized spacial score (nSPS) is 23.7. The fourth-order valence-electron chi connectivity index (χ4n) is 8.00. The van der Waals surface area contributed by atoms with Gasteiger partial charge in [-0.2, -0.15) is 0 Å². The average Bonchev–Trinajstić information content (AvgIpc) is 3.56. The molecule has 0 radical (unpaired) electrons. The Morgan fingerprint density at radius 1 is 0.889 bits per heavy atom. The largest absolute Gasteiger partial charge is 0.367 e. The van der Waals surface area contributed by atoms with Gasteiger partial charge < -0.3 is 15.5 Å². The smallest absolute Gasteiger partial charge is 0.262 e. The van der Waals surface area contributed by atoms with E-state index in [0.717, 1.165) is 16.7 Å². The summed E-state index contributed by atoms with van der Waals surface area (Å²) >= 11 is 0. The van der Waals surface area contributed by atoms with Crippen molar-refractivity contribution in [1.29, 1.82) is 0 Å². The van der Waals surface area contributed by atoms with E-state index >= 15 is 4.39 Å². The molecular weight excluding hydrogens is 804 g/mol. The summed E-state index contributed by atoms with van der Waals surface area (Å²) in [7, 11) is 0. The Morgan fingerprint density at radius 3 is 2.38 bits per heavy atom. The maximum absolute atomic E-state index is 16.1. The number of halogens is 1. The first kappa shape index (κ1) is 32.8. The summed E-state index contributed by atoms with van der Waals surface area (Å²) in [5.41, 5.74) is 3.00. The van der Waals surface area contributed by atoms with Crippen LogP contribution in [0.4, 0.5) is 27.4 Å². The van der Waals surface area contributed by atoms with Gasteiger partial charge in [-0.05, 0) is 111 Å². The third kappa shape index (κ3) is 9.04. The molecule has 2 aromatic heterocycles. The molecule has 1 unspecified atom stereocenters. The molecule has 6 heterocycles. The summed E-state index contributed by atoms with van der Waals surface area (Å²) in [5, 5.41) is 8.22. The quantitative estimate of drug-likeness (QED) is 0.144. The van der Waals surface area contributed by atoms with Crippen LogP contribution in [-0.2, 0) is 16.1 Å². The zero-order chi connectivity index (χ0) is 50.8. The van der Waals surface area contributed by atoms with Crippen LogP contribution in [0.25, 0.3) is 11.3 Å². The number of amides is 5. The maximum Gasteiger partial charge on any atom is 0.262 e. The predicted molar refractivity (Wildman–Crippen MR) is 234 cm³/mol. The van der Waals surface area contributed by atoms with Gasteiger partial charge in [-0.3, -0.25) is 49.0 Å². The van der Waals surface area contributed by atoms with Crippen LogP contribution in [0.3, 0.4) is 0 Å². The van der Waals surface area contributed by atoms with Gasteiger partial charge in [-0.25, -0.2) is 14.4 Å². The first-order chi connectivity index (χ1) is 33.6. The molecular formula is C47H47FN10O5. The number of pyridine rings is 1. The average molecular weight is 859 g/mol. The summed E-state index contributed by atoms with van der Waals surface area (Å²) in [5.74, 6) is -5.49. The highest BCUT2D eigenvalue weighted by molar-refractivity contribution is 6.23. The predicted octanol–water partition coefficient (Wildman–Crippen LogP) is 5.42. The number of anilines is 4. The number of piperazine rings is 1. The van der Waals surface area contributed by atoms with Gasteiger partial charge in [0.25, 0.3) is 17.7 Å². The van der Waals surface area contributed by atoms with E-state index in [0.29, 0.717) is 83.0 Å². The molecule has 322 valence electrons. The highest BCUT2D eigenvalue weighted by Crippen LogP contribution is 2.34. The molecule has 4 aliphatic rings. The Labute approximate surface area is 374 Å². The Kier molecular flexibility index (Phi) is 9.27. The molecule has 3 saturated heterocycles. The highest BCUT2D eigenvalue weighted by atomic mass is 19.1. The third-order valence-corrected chi connectivity index (χ3v) is 11.5. The molecule has 5 amide bonds. The van der Waals surface area contributed by atoms with Gasteiger partial charge in [0.2, 0.25) is 17.8 Å². The lowest BCUT2D eigenvalue weighted by atomic mass is 9.95. The Morgan fingerprint density at radius 2 is 1.65 bits per heavy atom. The number of fused-ring (bicyclic) bond motifs is 1. The van der Waals surface area contributed by atoms with Gasteiger partial charge in [0.15, 0.2) is 0 Å². The zero-order valence-electron chi connectivity index (χ0n) is 42.0. The van der Waals surface area contributed by atoms with Crippen molar-refractivity contribution in [3.8, 4) is 11.3 Å². The molecule has 9 rings (SSSR count). The minimum absolute atomic E-state index is 0.00846. The molecule has 1 atom stereocenters. The number of imide groups is 2. The number of likely N-dealkylation sites (tertiary alicyclic amines) is 1. The topological polar surface area (TPSA) is 173 Å². The van der Waals surface area contributed by atoms with Crippen molar-refractivity contribution < 1.29 is 39.3 Å². The van der Waals surface area contributed by atoms with Gasteiger partial charge in [-0.15, -0.1) is 0 Å². The van der Waals surface area contributed by atoms with Crippen molar-refractivity contribution in [3.05, 3.63) is 125 Å². The van der Waals surface area contributed by atoms with Crippen LogP contribution in [0, 0.1) is 18.7 Å². The molecule has 0 spiro atoms. The van der Waals surface area contributed by atoms with E-state index < -0.39 is 90.8 Å². The number of piperidine rings is 2. The van der Waals surface area contributed by atoms with Crippen LogP contribution >= 0.6 is 0 Å². The molecule has 15 nitrogen and oxygen atoms in total. The van der Waals surface area contributed by atoms with Crippen molar-refractivity contribution >= 4 is 52.5 Å². The number of carbonyl (C=O) groups excluding carboxylic acids is 5. The van der Waals surface area contributed by atoms with E-state index in [1.807, 2.05) is 42.6 Å². The van der Waals surface area contributed by atoms with Crippen molar-refractivity contribution in [2.75, 3.05) is 61.2 Å². The van der Waals surface area contributed by atoms with E-state index in [4.69, 9.17) is 11.0 Å². The van der Waals surface area contributed by atoms with Crippen molar-refractivity contribution in [2.24, 2.45) is 5.92 Å². The van der Waals surface area contributed by atoms with Crippen LogP contribution in [0.15, 0.2) is 91.4 Å². The minimum atomic E-state index is -3.47. The summed E-state index contributed by atoms with van der Waals surface area (Å²) in [6.45, 7) is -10.5. The lowest BCUT2D eigenvalue weighted by Crippen LogP contribution is -2.54. The fraction of sp³-hybridized carbons (Fsp3) is 0.319. The van der Waals surface area contributed by atoms with Crippen LogP contribution in [-0.4, -0.2) is 111 Å². The van der Waals surface area contributed by atoms with E-state index in [1.165, 1.54) is 0 Å². The number of hydrogen-bond donors (Lipinski definition) is 3. The number of benzene rings is 3. The van der Waals surface area contributed by atoms with Crippen LogP contribution in [0.1, 0.15) is 78.9 Å².